The lowest BCUT2D eigenvalue weighted by Crippen LogP contribution is -2.26. The highest BCUT2D eigenvalue weighted by molar-refractivity contribution is 5.68. The molecule has 0 unspecified atom stereocenters. The van der Waals surface area contributed by atoms with E-state index in [2.05, 4.69) is 15.3 Å². The molecule has 0 fully saturated rings. The summed E-state index contributed by atoms with van der Waals surface area (Å²) in [5.74, 6) is 0.492. The van der Waals surface area contributed by atoms with Crippen LogP contribution in [0.15, 0.2) is 9.59 Å². The minimum absolute atomic E-state index is 0.360. The molecule has 0 aliphatic carbocycles. The van der Waals surface area contributed by atoms with Gasteiger partial charge < -0.3 is 10.2 Å². The van der Waals surface area contributed by atoms with Gasteiger partial charge in [-0.25, -0.2) is 4.79 Å². The number of aromatic amines is 2. The van der Waals surface area contributed by atoms with Crippen molar-refractivity contribution < 1.29 is 0 Å². The second kappa shape index (κ2) is 2.13. The molecule has 6 nitrogen and oxygen atoms in total. The fourth-order valence-electron chi connectivity index (χ4n) is 1.25. The molecule has 2 heterocycles. The minimum Gasteiger partial charge on any atom is -0.352 e. The largest absolute Gasteiger partial charge is 0.352 e. The Bertz CT molecular complexity index is 418. The SMILES string of the molecule is CN1CNc2[nH]c(=O)[nH]c(=O)c21. The van der Waals surface area contributed by atoms with Gasteiger partial charge in [-0.1, -0.05) is 0 Å². The fourth-order valence-corrected chi connectivity index (χ4v) is 1.25. The number of aromatic nitrogens is 2. The molecule has 1 aliphatic heterocycles. The van der Waals surface area contributed by atoms with Gasteiger partial charge in [-0.2, -0.15) is 0 Å². The number of nitrogens with one attached hydrogen (secondary N) is 3. The molecule has 3 N–H and O–H groups in total. The summed E-state index contributed by atoms with van der Waals surface area (Å²) in [6, 6.07) is 0. The van der Waals surface area contributed by atoms with Gasteiger partial charge in [0.1, 0.15) is 11.5 Å². The van der Waals surface area contributed by atoms with Crippen molar-refractivity contribution in [1.29, 1.82) is 0 Å². The molecule has 1 aromatic heterocycles. The Hall–Kier alpha value is -1.72. The molecular formula is C6H8N4O2. The summed E-state index contributed by atoms with van der Waals surface area (Å²) in [5.41, 5.74) is -0.364. The number of hydrogen-bond donors (Lipinski definition) is 3. The topological polar surface area (TPSA) is 81.0 Å². The first-order chi connectivity index (χ1) is 5.68. The highest BCUT2D eigenvalue weighted by Crippen LogP contribution is 2.20. The summed E-state index contributed by atoms with van der Waals surface area (Å²) in [7, 11) is 1.77. The summed E-state index contributed by atoms with van der Waals surface area (Å²) in [4.78, 5) is 28.3. The Morgan fingerprint density at radius 2 is 2.08 bits per heavy atom. The predicted octanol–water partition coefficient (Wildman–Crippen LogP) is -1.12. The van der Waals surface area contributed by atoms with Crippen LogP contribution in [0.3, 0.4) is 0 Å². The number of rotatable bonds is 0. The fraction of sp³-hybridized carbons (Fsp3) is 0.333. The van der Waals surface area contributed by atoms with Crippen molar-refractivity contribution in [2.75, 3.05) is 23.9 Å². The Morgan fingerprint density at radius 3 is 2.83 bits per heavy atom. The molecule has 64 valence electrons. The van der Waals surface area contributed by atoms with Crippen molar-refractivity contribution in [3.8, 4) is 0 Å². The average Bonchev–Trinajstić information content (AvgIpc) is 2.31. The molecule has 2 rings (SSSR count). The zero-order valence-corrected chi connectivity index (χ0v) is 6.47. The monoisotopic (exact) mass is 168 g/mol. The highest BCUT2D eigenvalue weighted by Gasteiger charge is 2.19. The van der Waals surface area contributed by atoms with Crippen molar-refractivity contribution in [1.82, 2.24) is 9.97 Å². The molecule has 0 saturated heterocycles. The minimum atomic E-state index is -0.485. The molecule has 12 heavy (non-hydrogen) atoms. The van der Waals surface area contributed by atoms with E-state index in [9.17, 15) is 9.59 Å². The number of H-pyrrole nitrogens is 2. The van der Waals surface area contributed by atoms with Gasteiger partial charge in [0.2, 0.25) is 0 Å². The van der Waals surface area contributed by atoms with Gasteiger partial charge in [0.15, 0.2) is 0 Å². The third-order valence-electron chi connectivity index (χ3n) is 1.79. The predicted molar refractivity (Wildman–Crippen MR) is 44.6 cm³/mol. The van der Waals surface area contributed by atoms with E-state index in [4.69, 9.17) is 0 Å². The van der Waals surface area contributed by atoms with Crippen LogP contribution in [0.25, 0.3) is 0 Å². The zero-order chi connectivity index (χ0) is 8.72. The number of hydrogen-bond acceptors (Lipinski definition) is 4. The van der Waals surface area contributed by atoms with E-state index in [0.29, 0.717) is 18.2 Å². The molecular weight excluding hydrogens is 160 g/mol. The summed E-state index contributed by atoms with van der Waals surface area (Å²) >= 11 is 0. The first-order valence-electron chi connectivity index (χ1n) is 3.50. The second-order valence-corrected chi connectivity index (χ2v) is 2.66. The number of fused-ring (bicyclic) bond motifs is 1. The molecule has 0 saturated carbocycles. The summed E-state index contributed by atoms with van der Waals surface area (Å²) in [6.45, 7) is 0.540. The first-order valence-corrected chi connectivity index (χ1v) is 3.50. The van der Waals surface area contributed by atoms with E-state index in [1.54, 1.807) is 11.9 Å². The van der Waals surface area contributed by atoms with E-state index in [0.717, 1.165) is 0 Å². The van der Waals surface area contributed by atoms with Crippen LogP contribution in [0, 0.1) is 0 Å². The van der Waals surface area contributed by atoms with Crippen LogP contribution >= 0.6 is 0 Å². The van der Waals surface area contributed by atoms with E-state index < -0.39 is 5.69 Å². The molecule has 0 bridgehead atoms. The van der Waals surface area contributed by atoms with E-state index in [1.165, 1.54) is 0 Å². The van der Waals surface area contributed by atoms with Crippen molar-refractivity contribution >= 4 is 11.5 Å². The van der Waals surface area contributed by atoms with E-state index in [1.807, 2.05) is 0 Å². The van der Waals surface area contributed by atoms with Crippen LogP contribution < -0.4 is 21.5 Å². The number of nitrogens with zero attached hydrogens (tertiary/aromatic N) is 1. The zero-order valence-electron chi connectivity index (χ0n) is 6.47. The van der Waals surface area contributed by atoms with Gasteiger partial charge in [-0.05, 0) is 0 Å². The van der Waals surface area contributed by atoms with Crippen LogP contribution in [0.1, 0.15) is 0 Å². The Labute approximate surface area is 67.2 Å². The van der Waals surface area contributed by atoms with Crippen molar-refractivity contribution in [2.24, 2.45) is 0 Å². The maximum atomic E-state index is 11.2. The van der Waals surface area contributed by atoms with Crippen LogP contribution in [-0.4, -0.2) is 23.7 Å². The van der Waals surface area contributed by atoms with Gasteiger partial charge in [-0.15, -0.1) is 0 Å². The maximum Gasteiger partial charge on any atom is 0.327 e. The van der Waals surface area contributed by atoms with Gasteiger partial charge in [0.05, 0.1) is 6.67 Å². The Morgan fingerprint density at radius 1 is 1.33 bits per heavy atom. The second-order valence-electron chi connectivity index (χ2n) is 2.66. The molecule has 1 aromatic rings. The third kappa shape index (κ3) is 0.810. The smallest absolute Gasteiger partial charge is 0.327 e. The van der Waals surface area contributed by atoms with Gasteiger partial charge >= 0.3 is 5.69 Å². The quantitative estimate of drug-likeness (QED) is 0.458. The van der Waals surface area contributed by atoms with Crippen LogP contribution in [-0.2, 0) is 0 Å². The third-order valence-corrected chi connectivity index (χ3v) is 1.79. The van der Waals surface area contributed by atoms with Crippen LogP contribution in [0.5, 0.6) is 0 Å². The average molecular weight is 168 g/mol. The molecule has 0 radical (unpaired) electrons. The lowest BCUT2D eigenvalue weighted by molar-refractivity contribution is 1.01. The molecule has 6 heteroatoms. The molecule has 0 amide bonds. The summed E-state index contributed by atoms with van der Waals surface area (Å²) in [5, 5.41) is 2.88. The molecule has 0 spiro atoms. The Balaban J connectivity index is 2.77. The van der Waals surface area contributed by atoms with Crippen molar-refractivity contribution in [2.45, 2.75) is 0 Å². The molecule has 0 aromatic carbocycles. The maximum absolute atomic E-state index is 11.2. The van der Waals surface area contributed by atoms with Crippen molar-refractivity contribution in [3.63, 3.8) is 0 Å². The van der Waals surface area contributed by atoms with E-state index in [-0.39, 0.29) is 5.56 Å². The molecule has 0 atom stereocenters. The molecule has 1 aliphatic rings. The summed E-state index contributed by atoms with van der Waals surface area (Å²) < 4.78 is 0. The number of anilines is 2. The Kier molecular flexibility index (Phi) is 1.24. The van der Waals surface area contributed by atoms with Crippen LogP contribution in [0.4, 0.5) is 11.5 Å². The standard InChI is InChI=1S/C6H8N4O2/c1-10-2-7-4-3(10)5(11)9-6(12)8-4/h2H2,1H3,(H3,7,8,9,11,12). The lowest BCUT2D eigenvalue weighted by Gasteiger charge is -2.06. The highest BCUT2D eigenvalue weighted by atomic mass is 16.2. The lowest BCUT2D eigenvalue weighted by atomic mass is 10.5. The van der Waals surface area contributed by atoms with Crippen molar-refractivity contribution in [3.05, 3.63) is 20.8 Å². The normalized spacial score (nSPS) is 14.2. The first kappa shape index (κ1) is 6.96. The van der Waals surface area contributed by atoms with Gasteiger partial charge in [0, 0.05) is 7.05 Å². The summed E-state index contributed by atoms with van der Waals surface area (Å²) in [6.07, 6.45) is 0. The van der Waals surface area contributed by atoms with Gasteiger partial charge in [-0.3, -0.25) is 14.8 Å². The van der Waals surface area contributed by atoms with Crippen LogP contribution in [0.2, 0.25) is 0 Å². The van der Waals surface area contributed by atoms with Gasteiger partial charge in [0.25, 0.3) is 5.56 Å². The van der Waals surface area contributed by atoms with E-state index >= 15 is 0 Å².